The van der Waals surface area contributed by atoms with Crippen molar-refractivity contribution in [2.75, 3.05) is 0 Å². The molecule has 0 amide bonds. The quantitative estimate of drug-likeness (QED) is 0.861. The molecule has 0 saturated carbocycles. The lowest BCUT2D eigenvalue weighted by Gasteiger charge is -2.12. The van der Waals surface area contributed by atoms with Gasteiger partial charge in [-0.2, -0.15) is 8.42 Å². The third kappa shape index (κ3) is 2.37. The second-order valence-electron chi connectivity index (χ2n) is 5.68. The van der Waals surface area contributed by atoms with E-state index in [0.717, 1.165) is 5.56 Å². The van der Waals surface area contributed by atoms with Crippen molar-refractivity contribution in [3.05, 3.63) is 59.9 Å². The predicted octanol–water partition coefficient (Wildman–Crippen LogP) is 2.81. The van der Waals surface area contributed by atoms with Gasteiger partial charge in [-0.3, -0.25) is 0 Å². The molecule has 6 nitrogen and oxygen atoms in total. The van der Waals surface area contributed by atoms with Crippen molar-refractivity contribution >= 4 is 10.1 Å². The number of benzene rings is 2. The average Bonchev–Trinajstić information content (AvgIpc) is 3.07. The van der Waals surface area contributed by atoms with E-state index in [0.29, 0.717) is 11.3 Å². The smallest absolute Gasteiger partial charge is 0.339 e. The Labute approximate surface area is 139 Å². The number of phenolic OH excluding ortho intramolecular Hbond substituents is 1. The minimum absolute atomic E-state index is 0.0354. The summed E-state index contributed by atoms with van der Waals surface area (Å²) in [6, 6.07) is 9.02. The molecule has 0 radical (unpaired) electrons. The summed E-state index contributed by atoms with van der Waals surface area (Å²) in [5, 5.41) is 9.83. The Bertz CT molecular complexity index is 930. The zero-order chi connectivity index (χ0) is 16.9. The molecule has 0 aromatic heterocycles. The molecule has 124 valence electrons. The average molecular weight is 346 g/mol. The van der Waals surface area contributed by atoms with E-state index >= 15 is 0 Å². The minimum Gasteiger partial charge on any atom is -0.508 e. The van der Waals surface area contributed by atoms with E-state index in [1.807, 2.05) is 6.92 Å². The molecule has 0 aliphatic carbocycles. The molecule has 0 saturated heterocycles. The maximum Gasteiger partial charge on any atom is 0.339 e. The summed E-state index contributed by atoms with van der Waals surface area (Å²) in [6.07, 6.45) is 2.70. The van der Waals surface area contributed by atoms with E-state index in [-0.39, 0.29) is 22.3 Å². The van der Waals surface area contributed by atoms with Gasteiger partial charge in [0, 0.05) is 12.1 Å². The Morgan fingerprint density at radius 1 is 1.17 bits per heavy atom. The molecular weight excluding hydrogens is 332 g/mol. The van der Waals surface area contributed by atoms with Crippen LogP contribution in [0.3, 0.4) is 0 Å². The highest BCUT2D eigenvalue weighted by atomic mass is 32.2. The van der Waals surface area contributed by atoms with Gasteiger partial charge in [0.05, 0.1) is 17.7 Å². The van der Waals surface area contributed by atoms with Gasteiger partial charge in [-0.15, -0.1) is 0 Å². The van der Waals surface area contributed by atoms with Gasteiger partial charge in [0.25, 0.3) is 6.29 Å². The lowest BCUT2D eigenvalue weighted by atomic mass is 10.00. The van der Waals surface area contributed by atoms with E-state index in [2.05, 4.69) is 0 Å². The van der Waals surface area contributed by atoms with Gasteiger partial charge in [-0.1, -0.05) is 17.7 Å². The Kier molecular flexibility index (Phi) is 3.21. The predicted molar refractivity (Wildman–Crippen MR) is 84.5 cm³/mol. The van der Waals surface area contributed by atoms with Gasteiger partial charge in [-0.05, 0) is 25.1 Å². The van der Waals surface area contributed by atoms with Gasteiger partial charge in [0.1, 0.15) is 16.4 Å². The van der Waals surface area contributed by atoms with Crippen LogP contribution < -0.4 is 8.92 Å². The molecule has 2 aliphatic heterocycles. The molecule has 2 atom stereocenters. The first-order chi connectivity index (χ1) is 11.4. The normalized spacial score (nSPS) is 20.9. The molecule has 4 rings (SSSR count). The fraction of sp³-hybridized carbons (Fsp3) is 0.176. The number of hydrogen-bond donors (Lipinski definition) is 1. The van der Waals surface area contributed by atoms with Crippen LogP contribution in [0.1, 0.15) is 17.0 Å². The first kappa shape index (κ1) is 14.9. The molecule has 0 unspecified atom stereocenters. The zero-order valence-electron chi connectivity index (χ0n) is 12.7. The Balaban J connectivity index is 1.75. The number of aromatic hydroxyl groups is 1. The van der Waals surface area contributed by atoms with Crippen molar-refractivity contribution in [2.24, 2.45) is 0 Å². The van der Waals surface area contributed by atoms with Crippen LogP contribution >= 0.6 is 0 Å². The Morgan fingerprint density at radius 3 is 2.67 bits per heavy atom. The standard InChI is InChI=1S/C17H14O6S/c1-10-2-4-12(5-3-10)24(19,20)23-15-9-11(18)8-14-16(15)13-6-7-21-17(13)22-14/h2-9,13,17-18H,1H3/t13-,17+/m0/s1. The van der Waals surface area contributed by atoms with Crippen LogP contribution in [0.4, 0.5) is 0 Å². The molecule has 1 N–H and O–H groups in total. The van der Waals surface area contributed by atoms with Crippen LogP contribution in [0.15, 0.2) is 53.6 Å². The molecule has 2 heterocycles. The van der Waals surface area contributed by atoms with Crippen molar-refractivity contribution in [1.29, 1.82) is 0 Å². The minimum atomic E-state index is -4.03. The molecular formula is C17H14O6S. The monoisotopic (exact) mass is 346 g/mol. The number of ether oxygens (including phenoxy) is 2. The summed E-state index contributed by atoms with van der Waals surface area (Å²) in [4.78, 5) is 0.0406. The summed E-state index contributed by atoms with van der Waals surface area (Å²) < 4.78 is 41.2. The van der Waals surface area contributed by atoms with Crippen molar-refractivity contribution in [2.45, 2.75) is 24.0 Å². The third-order valence-electron chi connectivity index (χ3n) is 3.97. The number of phenols is 1. The highest BCUT2D eigenvalue weighted by Gasteiger charge is 2.40. The first-order valence-corrected chi connectivity index (χ1v) is 8.72. The summed E-state index contributed by atoms with van der Waals surface area (Å²) in [5.74, 6) is -0.0349. The number of hydrogen-bond acceptors (Lipinski definition) is 6. The lowest BCUT2D eigenvalue weighted by Crippen LogP contribution is -2.15. The van der Waals surface area contributed by atoms with Crippen LogP contribution in [0.5, 0.6) is 17.2 Å². The topological polar surface area (TPSA) is 82.1 Å². The summed E-state index contributed by atoms with van der Waals surface area (Å²) in [7, 11) is -4.03. The van der Waals surface area contributed by atoms with Crippen molar-refractivity contribution in [3.63, 3.8) is 0 Å². The van der Waals surface area contributed by atoms with Gasteiger partial charge in [0.15, 0.2) is 5.75 Å². The van der Waals surface area contributed by atoms with Crippen molar-refractivity contribution < 1.29 is 27.2 Å². The van der Waals surface area contributed by atoms with Crippen LogP contribution in [0, 0.1) is 6.92 Å². The van der Waals surface area contributed by atoms with Gasteiger partial charge in [-0.25, -0.2) is 0 Å². The highest BCUT2D eigenvalue weighted by Crippen LogP contribution is 2.49. The lowest BCUT2D eigenvalue weighted by molar-refractivity contribution is -0.00488. The van der Waals surface area contributed by atoms with Crippen LogP contribution in [-0.2, 0) is 14.9 Å². The third-order valence-corrected chi connectivity index (χ3v) is 5.21. The maximum atomic E-state index is 12.5. The van der Waals surface area contributed by atoms with Gasteiger partial charge < -0.3 is 18.8 Å². The number of rotatable bonds is 3. The maximum absolute atomic E-state index is 12.5. The van der Waals surface area contributed by atoms with E-state index in [4.69, 9.17) is 13.7 Å². The summed E-state index contributed by atoms with van der Waals surface area (Å²) >= 11 is 0. The highest BCUT2D eigenvalue weighted by molar-refractivity contribution is 7.87. The Morgan fingerprint density at radius 2 is 1.92 bits per heavy atom. The van der Waals surface area contributed by atoms with Gasteiger partial charge >= 0.3 is 10.1 Å². The van der Waals surface area contributed by atoms with Crippen molar-refractivity contribution in [1.82, 2.24) is 0 Å². The molecule has 2 aromatic rings. The van der Waals surface area contributed by atoms with E-state index in [1.165, 1.54) is 30.5 Å². The molecule has 0 spiro atoms. The van der Waals surface area contributed by atoms with E-state index in [1.54, 1.807) is 18.2 Å². The fourth-order valence-corrected chi connectivity index (χ4v) is 3.73. The summed E-state index contributed by atoms with van der Waals surface area (Å²) in [5.41, 5.74) is 1.49. The molecule has 2 aromatic carbocycles. The fourth-order valence-electron chi connectivity index (χ4n) is 2.79. The van der Waals surface area contributed by atoms with Crippen LogP contribution in [-0.4, -0.2) is 19.8 Å². The zero-order valence-corrected chi connectivity index (χ0v) is 13.5. The first-order valence-electron chi connectivity index (χ1n) is 7.31. The second kappa shape index (κ2) is 5.17. The molecule has 24 heavy (non-hydrogen) atoms. The molecule has 7 heteroatoms. The second-order valence-corrected chi connectivity index (χ2v) is 7.23. The summed E-state index contributed by atoms with van der Waals surface area (Å²) in [6.45, 7) is 1.86. The number of aryl methyl sites for hydroxylation is 1. The molecule has 0 fully saturated rings. The largest absolute Gasteiger partial charge is 0.508 e. The Hall–Kier alpha value is -2.67. The van der Waals surface area contributed by atoms with Crippen LogP contribution in [0.25, 0.3) is 0 Å². The molecule has 0 bridgehead atoms. The van der Waals surface area contributed by atoms with Crippen molar-refractivity contribution in [3.8, 4) is 17.2 Å². The van der Waals surface area contributed by atoms with Gasteiger partial charge in [0.2, 0.25) is 0 Å². The van der Waals surface area contributed by atoms with E-state index < -0.39 is 16.4 Å². The number of fused-ring (bicyclic) bond motifs is 3. The van der Waals surface area contributed by atoms with Crippen LogP contribution in [0.2, 0.25) is 0 Å². The van der Waals surface area contributed by atoms with E-state index in [9.17, 15) is 13.5 Å². The molecule has 2 aliphatic rings. The SMILES string of the molecule is Cc1ccc(S(=O)(=O)Oc2cc(O)cc3c2[C@@H]2C=CO[C@@H]2O3)cc1.